The lowest BCUT2D eigenvalue weighted by Gasteiger charge is -2.00. The van der Waals surface area contributed by atoms with Gasteiger partial charge in [0.1, 0.15) is 6.54 Å². The van der Waals surface area contributed by atoms with Crippen LogP contribution in [0.5, 0.6) is 0 Å². The third-order valence-corrected chi connectivity index (χ3v) is 1.23. The molecule has 6 heteroatoms. The number of carbonyl (C=O) groups is 1. The van der Waals surface area contributed by atoms with Crippen molar-refractivity contribution < 1.29 is 4.79 Å². The molecule has 0 saturated carbocycles. The smallest absolute Gasteiger partial charge is 0.225 e. The lowest BCUT2D eigenvalue weighted by atomic mass is 10.3. The molecule has 0 aromatic heterocycles. The van der Waals surface area contributed by atoms with E-state index in [1.54, 1.807) is 0 Å². The Morgan fingerprint density at radius 2 is 2.33 bits per heavy atom. The van der Waals surface area contributed by atoms with Gasteiger partial charge in [-0.05, 0) is 24.9 Å². The molecular formula is C6H13N5O. The van der Waals surface area contributed by atoms with E-state index in [0.717, 1.165) is 12.8 Å². The third-order valence-electron chi connectivity index (χ3n) is 1.23. The zero-order valence-corrected chi connectivity index (χ0v) is 6.86. The first-order chi connectivity index (χ1) is 5.81. The number of unbranched alkanes of at least 4 members (excludes halogenated alkanes) is 1. The quantitative estimate of drug-likeness (QED) is 0.257. The maximum absolute atomic E-state index is 10.8. The summed E-state index contributed by atoms with van der Waals surface area (Å²) in [5.74, 6) is -0.246. The van der Waals surface area contributed by atoms with Crippen LogP contribution in [-0.4, -0.2) is 25.5 Å². The van der Waals surface area contributed by atoms with E-state index in [1.165, 1.54) is 0 Å². The van der Waals surface area contributed by atoms with Crippen LogP contribution in [0.25, 0.3) is 10.4 Å². The van der Waals surface area contributed by atoms with Gasteiger partial charge in [-0.15, -0.1) is 0 Å². The van der Waals surface area contributed by atoms with Crippen LogP contribution in [0.1, 0.15) is 12.8 Å². The van der Waals surface area contributed by atoms with Gasteiger partial charge in [-0.2, -0.15) is 0 Å². The molecule has 0 radical (unpaired) electrons. The average molecular weight is 171 g/mol. The van der Waals surface area contributed by atoms with Gasteiger partial charge in [0.2, 0.25) is 5.91 Å². The molecule has 0 fully saturated rings. The zero-order chi connectivity index (χ0) is 9.23. The summed E-state index contributed by atoms with van der Waals surface area (Å²) in [7, 11) is 0. The van der Waals surface area contributed by atoms with Gasteiger partial charge in [0, 0.05) is 11.5 Å². The molecule has 0 aliphatic carbocycles. The summed E-state index contributed by atoms with van der Waals surface area (Å²) in [5, 5.41) is 5.71. The number of hydrogen-bond acceptors (Lipinski definition) is 3. The average Bonchev–Trinajstić information content (AvgIpc) is 2.09. The van der Waals surface area contributed by atoms with Crippen LogP contribution in [-0.2, 0) is 4.79 Å². The maximum atomic E-state index is 10.8. The molecule has 1 amide bonds. The Kier molecular flexibility index (Phi) is 7.02. The first-order valence-corrected chi connectivity index (χ1v) is 3.79. The minimum Gasteiger partial charge on any atom is -0.356 e. The second-order valence-corrected chi connectivity index (χ2v) is 2.23. The highest BCUT2D eigenvalue weighted by molar-refractivity contribution is 5.77. The molecule has 0 aliphatic rings. The van der Waals surface area contributed by atoms with Gasteiger partial charge in [0.05, 0.1) is 0 Å². The van der Waals surface area contributed by atoms with Crippen LogP contribution < -0.4 is 11.1 Å². The molecule has 0 bridgehead atoms. The number of amides is 1. The highest BCUT2D eigenvalue weighted by Crippen LogP contribution is 1.82. The molecule has 0 aromatic rings. The van der Waals surface area contributed by atoms with Gasteiger partial charge in [-0.3, -0.25) is 4.79 Å². The lowest BCUT2D eigenvalue weighted by Crippen LogP contribution is -2.26. The minimum absolute atomic E-state index is 0.126. The van der Waals surface area contributed by atoms with Gasteiger partial charge >= 0.3 is 0 Å². The first-order valence-electron chi connectivity index (χ1n) is 3.79. The van der Waals surface area contributed by atoms with E-state index in [0.29, 0.717) is 13.1 Å². The molecule has 0 atom stereocenters. The SMILES string of the molecule is [N-]=[N+]=NCC(=O)NCCCCN. The predicted molar refractivity (Wildman–Crippen MR) is 45.3 cm³/mol. The number of nitrogens with two attached hydrogens (primary N) is 1. The number of carbonyl (C=O) groups excluding carboxylic acids is 1. The molecule has 0 unspecified atom stereocenters. The molecule has 0 aromatic carbocycles. The summed E-state index contributed by atoms with van der Waals surface area (Å²) in [4.78, 5) is 13.2. The number of azide groups is 1. The highest BCUT2D eigenvalue weighted by Gasteiger charge is 1.95. The first kappa shape index (κ1) is 10.7. The van der Waals surface area contributed by atoms with Crippen molar-refractivity contribution in [1.82, 2.24) is 5.32 Å². The van der Waals surface area contributed by atoms with Crippen molar-refractivity contribution in [1.29, 1.82) is 0 Å². The summed E-state index contributed by atoms with van der Waals surface area (Å²) in [5.41, 5.74) is 13.1. The third kappa shape index (κ3) is 6.85. The van der Waals surface area contributed by atoms with E-state index in [4.69, 9.17) is 11.3 Å². The van der Waals surface area contributed by atoms with E-state index >= 15 is 0 Å². The second-order valence-electron chi connectivity index (χ2n) is 2.23. The molecule has 0 saturated heterocycles. The Bertz CT molecular complexity index is 175. The van der Waals surface area contributed by atoms with Crippen LogP contribution in [0.15, 0.2) is 5.11 Å². The standard InChI is InChI=1S/C6H13N5O/c7-3-1-2-4-9-6(12)5-10-11-8/h1-5,7H2,(H,9,12). The maximum Gasteiger partial charge on any atom is 0.225 e. The highest BCUT2D eigenvalue weighted by atomic mass is 16.1. The summed E-state index contributed by atoms with van der Waals surface area (Å²) >= 11 is 0. The summed E-state index contributed by atoms with van der Waals surface area (Å²) in [6.07, 6.45) is 1.75. The van der Waals surface area contributed by atoms with Crippen molar-refractivity contribution >= 4 is 5.91 Å². The topological polar surface area (TPSA) is 104 Å². The van der Waals surface area contributed by atoms with Gasteiger partial charge in [0.25, 0.3) is 0 Å². The van der Waals surface area contributed by atoms with Crippen LogP contribution >= 0.6 is 0 Å². The Morgan fingerprint density at radius 3 is 2.92 bits per heavy atom. The fraction of sp³-hybridized carbons (Fsp3) is 0.833. The molecule has 68 valence electrons. The largest absolute Gasteiger partial charge is 0.356 e. The van der Waals surface area contributed by atoms with Gasteiger partial charge in [0.15, 0.2) is 0 Å². The normalized spacial score (nSPS) is 8.75. The van der Waals surface area contributed by atoms with Gasteiger partial charge in [-0.1, -0.05) is 5.11 Å². The van der Waals surface area contributed by atoms with Crippen molar-refractivity contribution in [2.75, 3.05) is 19.6 Å². The van der Waals surface area contributed by atoms with Crippen molar-refractivity contribution in [3.63, 3.8) is 0 Å². The number of rotatable bonds is 6. The number of nitrogens with zero attached hydrogens (tertiary/aromatic N) is 3. The van der Waals surface area contributed by atoms with E-state index in [-0.39, 0.29) is 12.5 Å². The Hall–Kier alpha value is -1.26. The summed E-state index contributed by atoms with van der Waals surface area (Å²) < 4.78 is 0. The Balaban J connectivity index is 3.25. The Morgan fingerprint density at radius 1 is 1.58 bits per heavy atom. The number of hydrogen-bond donors (Lipinski definition) is 2. The predicted octanol–water partition coefficient (Wildman–Crippen LogP) is 0.152. The van der Waals surface area contributed by atoms with E-state index in [2.05, 4.69) is 15.3 Å². The molecule has 12 heavy (non-hydrogen) atoms. The molecule has 0 rings (SSSR count). The van der Waals surface area contributed by atoms with Crippen LogP contribution in [0.2, 0.25) is 0 Å². The molecule has 3 N–H and O–H groups in total. The van der Waals surface area contributed by atoms with Crippen molar-refractivity contribution in [3.05, 3.63) is 10.4 Å². The second kappa shape index (κ2) is 7.84. The van der Waals surface area contributed by atoms with Crippen LogP contribution in [0.4, 0.5) is 0 Å². The number of nitrogens with one attached hydrogen (secondary N) is 1. The fourth-order valence-corrected chi connectivity index (χ4v) is 0.649. The van der Waals surface area contributed by atoms with E-state index in [1.807, 2.05) is 0 Å². The van der Waals surface area contributed by atoms with E-state index < -0.39 is 0 Å². The van der Waals surface area contributed by atoms with Crippen LogP contribution in [0, 0.1) is 0 Å². The van der Waals surface area contributed by atoms with Crippen molar-refractivity contribution in [3.8, 4) is 0 Å². The van der Waals surface area contributed by atoms with Crippen LogP contribution in [0.3, 0.4) is 0 Å². The molecule has 0 spiro atoms. The minimum atomic E-state index is -0.246. The fourth-order valence-electron chi connectivity index (χ4n) is 0.649. The molecular weight excluding hydrogens is 158 g/mol. The van der Waals surface area contributed by atoms with Crippen molar-refractivity contribution in [2.24, 2.45) is 10.8 Å². The summed E-state index contributed by atoms with van der Waals surface area (Å²) in [6, 6.07) is 0. The van der Waals surface area contributed by atoms with E-state index in [9.17, 15) is 4.79 Å². The molecule has 0 aliphatic heterocycles. The van der Waals surface area contributed by atoms with Gasteiger partial charge < -0.3 is 11.1 Å². The monoisotopic (exact) mass is 171 g/mol. The molecule has 0 heterocycles. The lowest BCUT2D eigenvalue weighted by molar-refractivity contribution is -0.119. The van der Waals surface area contributed by atoms with Crippen molar-refractivity contribution in [2.45, 2.75) is 12.8 Å². The Labute approximate surface area is 70.7 Å². The zero-order valence-electron chi connectivity index (χ0n) is 6.86. The summed E-state index contributed by atoms with van der Waals surface area (Å²) in [6.45, 7) is 1.10. The molecule has 6 nitrogen and oxygen atoms in total. The van der Waals surface area contributed by atoms with Gasteiger partial charge in [-0.25, -0.2) is 0 Å².